The van der Waals surface area contributed by atoms with Crippen molar-refractivity contribution in [3.05, 3.63) is 71.3 Å². The molecule has 0 aliphatic carbocycles. The minimum Gasteiger partial charge on any atom is -0.352 e. The van der Waals surface area contributed by atoms with Crippen molar-refractivity contribution < 1.29 is 9.59 Å². The molecule has 0 unspecified atom stereocenters. The zero-order valence-corrected chi connectivity index (χ0v) is 15.6. The van der Waals surface area contributed by atoms with Crippen LogP contribution < -0.4 is 5.32 Å². The lowest BCUT2D eigenvalue weighted by molar-refractivity contribution is -0.132. The molecule has 5 heteroatoms. The standard InChI is InChI=1S/C22H25N3O2/c1-2-17-8-10-19(11-9-17)20-12-13-22(27)25(24-20)15-14-21(26)23-16-18-6-4-3-5-7-18/h3-11H,2,12-16H2,1H3,(H,23,26). The maximum absolute atomic E-state index is 12.2. The summed E-state index contributed by atoms with van der Waals surface area (Å²) in [4.78, 5) is 24.2. The van der Waals surface area contributed by atoms with E-state index < -0.39 is 0 Å². The smallest absolute Gasteiger partial charge is 0.243 e. The zero-order chi connectivity index (χ0) is 19.1. The second kappa shape index (κ2) is 9.12. The minimum absolute atomic E-state index is 0.0280. The number of aryl methyl sites for hydroxylation is 1. The first-order chi connectivity index (χ1) is 13.2. The molecule has 0 bridgehead atoms. The Kier molecular flexibility index (Phi) is 6.36. The summed E-state index contributed by atoms with van der Waals surface area (Å²) in [6.45, 7) is 2.91. The summed E-state index contributed by atoms with van der Waals surface area (Å²) in [5.74, 6) is -0.110. The molecule has 0 atom stereocenters. The molecule has 0 saturated carbocycles. The first kappa shape index (κ1) is 18.8. The van der Waals surface area contributed by atoms with E-state index in [-0.39, 0.29) is 18.2 Å². The van der Waals surface area contributed by atoms with Crippen molar-refractivity contribution in [3.63, 3.8) is 0 Å². The lowest BCUT2D eigenvalue weighted by Gasteiger charge is -2.23. The van der Waals surface area contributed by atoms with Crippen LogP contribution in [-0.2, 0) is 22.6 Å². The molecule has 2 aromatic rings. The van der Waals surface area contributed by atoms with Gasteiger partial charge in [0.15, 0.2) is 0 Å². The Morgan fingerprint density at radius 2 is 1.78 bits per heavy atom. The Hall–Kier alpha value is -2.95. The maximum Gasteiger partial charge on any atom is 0.243 e. The fourth-order valence-corrected chi connectivity index (χ4v) is 3.01. The average molecular weight is 363 g/mol. The number of hydrazone groups is 1. The lowest BCUT2D eigenvalue weighted by Crippen LogP contribution is -2.35. The fourth-order valence-electron chi connectivity index (χ4n) is 3.01. The molecular formula is C22H25N3O2. The summed E-state index contributed by atoms with van der Waals surface area (Å²) in [6.07, 6.45) is 2.31. The van der Waals surface area contributed by atoms with Crippen LogP contribution in [0.3, 0.4) is 0 Å². The number of rotatable bonds is 7. The van der Waals surface area contributed by atoms with Crippen LogP contribution in [0.5, 0.6) is 0 Å². The molecule has 27 heavy (non-hydrogen) atoms. The van der Waals surface area contributed by atoms with Gasteiger partial charge < -0.3 is 5.32 Å². The SMILES string of the molecule is CCc1ccc(C2=NN(CCC(=O)NCc3ccccc3)C(=O)CC2)cc1. The van der Waals surface area contributed by atoms with Gasteiger partial charge >= 0.3 is 0 Å². The molecule has 0 aromatic heterocycles. The van der Waals surface area contributed by atoms with Gasteiger partial charge in [-0.15, -0.1) is 0 Å². The molecule has 0 saturated heterocycles. The lowest BCUT2D eigenvalue weighted by atomic mass is 10.0. The highest BCUT2D eigenvalue weighted by Gasteiger charge is 2.21. The third kappa shape index (κ3) is 5.26. The second-order valence-corrected chi connectivity index (χ2v) is 6.63. The van der Waals surface area contributed by atoms with E-state index in [2.05, 4.69) is 41.6 Å². The highest BCUT2D eigenvalue weighted by Crippen LogP contribution is 2.16. The summed E-state index contributed by atoms with van der Waals surface area (Å²) in [5, 5.41) is 8.82. The Bertz CT molecular complexity index is 813. The Balaban J connectivity index is 1.56. The summed E-state index contributed by atoms with van der Waals surface area (Å²) < 4.78 is 0. The molecule has 5 nitrogen and oxygen atoms in total. The van der Waals surface area contributed by atoms with Gasteiger partial charge in [-0.3, -0.25) is 9.59 Å². The highest BCUT2D eigenvalue weighted by molar-refractivity contribution is 6.04. The number of carbonyl (C=O) groups excluding carboxylic acids is 2. The quantitative estimate of drug-likeness (QED) is 0.821. The number of nitrogens with one attached hydrogen (secondary N) is 1. The minimum atomic E-state index is -0.0822. The molecule has 2 amide bonds. The second-order valence-electron chi connectivity index (χ2n) is 6.63. The van der Waals surface area contributed by atoms with Crippen molar-refractivity contribution in [2.24, 2.45) is 5.10 Å². The van der Waals surface area contributed by atoms with Gasteiger partial charge in [-0.1, -0.05) is 61.5 Å². The predicted octanol–water partition coefficient (Wildman–Crippen LogP) is 3.28. The molecule has 1 heterocycles. The van der Waals surface area contributed by atoms with Gasteiger partial charge in [-0.2, -0.15) is 5.10 Å². The molecule has 140 valence electrons. The molecule has 1 aliphatic rings. The maximum atomic E-state index is 12.2. The summed E-state index contributed by atoms with van der Waals surface area (Å²) >= 11 is 0. The average Bonchev–Trinajstić information content (AvgIpc) is 2.72. The normalized spacial score (nSPS) is 14.0. The van der Waals surface area contributed by atoms with Gasteiger partial charge in [0.05, 0.1) is 12.3 Å². The van der Waals surface area contributed by atoms with E-state index in [4.69, 9.17) is 0 Å². The summed E-state index contributed by atoms with van der Waals surface area (Å²) in [7, 11) is 0. The summed E-state index contributed by atoms with van der Waals surface area (Å²) in [6, 6.07) is 18.1. The number of amides is 2. The van der Waals surface area contributed by atoms with E-state index >= 15 is 0 Å². The number of hydrogen-bond donors (Lipinski definition) is 1. The van der Waals surface area contributed by atoms with Crippen molar-refractivity contribution in [1.82, 2.24) is 10.3 Å². The van der Waals surface area contributed by atoms with E-state index in [0.717, 1.165) is 23.3 Å². The summed E-state index contributed by atoms with van der Waals surface area (Å²) in [5.41, 5.74) is 4.27. The molecular weight excluding hydrogens is 338 g/mol. The topological polar surface area (TPSA) is 61.8 Å². The fraction of sp³-hybridized carbons (Fsp3) is 0.318. The van der Waals surface area contributed by atoms with Crippen LogP contribution in [-0.4, -0.2) is 29.1 Å². The van der Waals surface area contributed by atoms with Crippen LogP contribution in [0.4, 0.5) is 0 Å². The molecule has 3 rings (SSSR count). The van der Waals surface area contributed by atoms with Crippen molar-refractivity contribution in [3.8, 4) is 0 Å². The van der Waals surface area contributed by atoms with Crippen molar-refractivity contribution in [2.45, 2.75) is 39.2 Å². The zero-order valence-electron chi connectivity index (χ0n) is 15.6. The van der Waals surface area contributed by atoms with E-state index in [1.165, 1.54) is 10.6 Å². The van der Waals surface area contributed by atoms with E-state index in [1.807, 2.05) is 30.3 Å². The predicted molar refractivity (Wildman–Crippen MR) is 106 cm³/mol. The largest absolute Gasteiger partial charge is 0.352 e. The third-order valence-corrected chi connectivity index (χ3v) is 4.68. The van der Waals surface area contributed by atoms with Crippen molar-refractivity contribution in [1.29, 1.82) is 0 Å². The van der Waals surface area contributed by atoms with E-state index in [1.54, 1.807) is 0 Å². The van der Waals surface area contributed by atoms with Gasteiger partial charge in [-0.05, 0) is 23.1 Å². The molecule has 0 radical (unpaired) electrons. The first-order valence-electron chi connectivity index (χ1n) is 9.43. The van der Waals surface area contributed by atoms with Crippen LogP contribution >= 0.6 is 0 Å². The molecule has 1 N–H and O–H groups in total. The monoisotopic (exact) mass is 363 g/mol. The molecule has 2 aromatic carbocycles. The Morgan fingerprint density at radius 1 is 1.04 bits per heavy atom. The molecule has 0 fully saturated rings. The van der Waals surface area contributed by atoms with Crippen LogP contribution in [0.2, 0.25) is 0 Å². The van der Waals surface area contributed by atoms with Crippen LogP contribution in [0.1, 0.15) is 42.9 Å². The van der Waals surface area contributed by atoms with Gasteiger partial charge in [0, 0.05) is 25.8 Å². The van der Waals surface area contributed by atoms with Gasteiger partial charge in [0.1, 0.15) is 0 Å². The highest BCUT2D eigenvalue weighted by atomic mass is 16.2. The van der Waals surface area contributed by atoms with Gasteiger partial charge in [0.25, 0.3) is 0 Å². The molecule has 0 spiro atoms. The Morgan fingerprint density at radius 3 is 2.48 bits per heavy atom. The number of nitrogens with zero attached hydrogens (tertiary/aromatic N) is 2. The number of carbonyl (C=O) groups is 2. The van der Waals surface area contributed by atoms with Crippen LogP contribution in [0.15, 0.2) is 59.7 Å². The Labute approximate surface area is 160 Å². The molecule has 1 aliphatic heterocycles. The van der Waals surface area contributed by atoms with E-state index in [0.29, 0.717) is 25.9 Å². The number of benzene rings is 2. The van der Waals surface area contributed by atoms with E-state index in [9.17, 15) is 9.59 Å². The third-order valence-electron chi connectivity index (χ3n) is 4.68. The first-order valence-corrected chi connectivity index (χ1v) is 9.43. The van der Waals surface area contributed by atoms with Crippen LogP contribution in [0.25, 0.3) is 0 Å². The van der Waals surface area contributed by atoms with Gasteiger partial charge in [0.2, 0.25) is 11.8 Å². The van der Waals surface area contributed by atoms with Crippen LogP contribution in [0, 0.1) is 0 Å². The van der Waals surface area contributed by atoms with Gasteiger partial charge in [-0.25, -0.2) is 5.01 Å². The van der Waals surface area contributed by atoms with Crippen molar-refractivity contribution in [2.75, 3.05) is 6.54 Å². The van der Waals surface area contributed by atoms with Crippen molar-refractivity contribution >= 4 is 17.5 Å². The number of hydrogen-bond acceptors (Lipinski definition) is 3.